The Morgan fingerprint density at radius 2 is 1.44 bits per heavy atom. The van der Waals surface area contributed by atoms with E-state index >= 15 is 4.39 Å². The molecule has 0 N–H and O–H groups in total. The van der Waals surface area contributed by atoms with Crippen molar-refractivity contribution in [2.75, 3.05) is 0 Å². The van der Waals surface area contributed by atoms with Crippen molar-refractivity contribution in [3.63, 3.8) is 0 Å². The minimum absolute atomic E-state index is 0.0415. The van der Waals surface area contributed by atoms with Gasteiger partial charge < -0.3 is 0 Å². The molecular formula is C33H39F. The van der Waals surface area contributed by atoms with E-state index in [9.17, 15) is 0 Å². The fourth-order valence-corrected chi connectivity index (χ4v) is 5.42. The van der Waals surface area contributed by atoms with Crippen molar-refractivity contribution in [2.24, 2.45) is 11.8 Å². The van der Waals surface area contributed by atoms with Gasteiger partial charge in [0, 0.05) is 16.5 Å². The molecule has 0 nitrogen and oxygen atoms in total. The lowest BCUT2D eigenvalue weighted by atomic mass is 9.77. The van der Waals surface area contributed by atoms with Crippen molar-refractivity contribution in [3.05, 3.63) is 82.7 Å². The van der Waals surface area contributed by atoms with Gasteiger partial charge in [0.2, 0.25) is 0 Å². The molecule has 0 atom stereocenters. The van der Waals surface area contributed by atoms with Crippen LogP contribution in [-0.4, -0.2) is 0 Å². The number of rotatable bonds is 8. The zero-order valence-corrected chi connectivity index (χ0v) is 21.0. The molecule has 0 spiro atoms. The molecule has 1 fully saturated rings. The van der Waals surface area contributed by atoms with E-state index in [4.69, 9.17) is 0 Å². The first-order valence-electron chi connectivity index (χ1n) is 13.4. The first kappa shape index (κ1) is 24.5. The van der Waals surface area contributed by atoms with Gasteiger partial charge in [0.05, 0.1) is 0 Å². The monoisotopic (exact) mass is 454 g/mol. The summed E-state index contributed by atoms with van der Waals surface area (Å²) in [6.45, 7) is 4.35. The molecule has 0 unspecified atom stereocenters. The third-order valence-electron chi connectivity index (χ3n) is 7.69. The normalized spacial score (nSPS) is 18.0. The second kappa shape index (κ2) is 12.2. The summed E-state index contributed by atoms with van der Waals surface area (Å²) in [5, 5.41) is 1.65. The highest BCUT2D eigenvalue weighted by atomic mass is 19.1. The Morgan fingerprint density at radius 1 is 0.765 bits per heavy atom. The summed E-state index contributed by atoms with van der Waals surface area (Å²) in [7, 11) is 0. The Hall–Kier alpha value is -2.59. The van der Waals surface area contributed by atoms with Gasteiger partial charge in [-0.1, -0.05) is 112 Å². The van der Waals surface area contributed by atoms with E-state index in [2.05, 4.69) is 43.9 Å². The Bertz CT molecular complexity index is 1120. The summed E-state index contributed by atoms with van der Waals surface area (Å²) in [6.07, 6.45) is 14.3. The standard InChI is InChI=1S/C33H39F/c1-3-4-5-6-7-26-12-14-28(15-13-26)18-20-30-21-22-31-24-29(19-23-32(31)33(30)34)17-16-27-10-8-25(2)9-11-27/h8-11,19,21-24,26,28H,3-7,12-15,18,20H2,1-2H3. The first-order valence-corrected chi connectivity index (χ1v) is 13.4. The van der Waals surface area contributed by atoms with Gasteiger partial charge >= 0.3 is 0 Å². The van der Waals surface area contributed by atoms with Gasteiger partial charge in [0.1, 0.15) is 5.82 Å². The Labute approximate surface area is 206 Å². The third-order valence-corrected chi connectivity index (χ3v) is 7.69. The molecule has 1 saturated carbocycles. The van der Waals surface area contributed by atoms with E-state index in [1.54, 1.807) is 0 Å². The zero-order valence-electron chi connectivity index (χ0n) is 21.0. The van der Waals surface area contributed by atoms with Crippen LogP contribution in [0.2, 0.25) is 0 Å². The average Bonchev–Trinajstić information content (AvgIpc) is 2.86. The summed E-state index contributed by atoms with van der Waals surface area (Å²) in [6, 6.07) is 18.1. The summed E-state index contributed by atoms with van der Waals surface area (Å²) < 4.78 is 15.3. The van der Waals surface area contributed by atoms with Gasteiger partial charge in [-0.25, -0.2) is 4.39 Å². The van der Waals surface area contributed by atoms with Crippen molar-refractivity contribution in [1.82, 2.24) is 0 Å². The highest BCUT2D eigenvalue weighted by Crippen LogP contribution is 2.35. The number of unbranched alkanes of at least 4 members (excludes halogenated alkanes) is 3. The summed E-state index contributed by atoms with van der Waals surface area (Å²) >= 11 is 0. The molecule has 0 amide bonds. The summed E-state index contributed by atoms with van der Waals surface area (Å²) in [4.78, 5) is 0. The van der Waals surface area contributed by atoms with Crippen LogP contribution in [0.25, 0.3) is 10.8 Å². The quantitative estimate of drug-likeness (QED) is 0.235. The van der Waals surface area contributed by atoms with E-state index in [1.165, 1.54) is 63.4 Å². The van der Waals surface area contributed by atoms with Gasteiger partial charge in [-0.3, -0.25) is 0 Å². The first-order chi connectivity index (χ1) is 16.6. The van der Waals surface area contributed by atoms with E-state index in [-0.39, 0.29) is 5.82 Å². The molecule has 0 aliphatic heterocycles. The second-order valence-corrected chi connectivity index (χ2v) is 10.4. The maximum atomic E-state index is 15.3. The van der Waals surface area contributed by atoms with Crippen LogP contribution in [0.4, 0.5) is 4.39 Å². The number of hydrogen-bond donors (Lipinski definition) is 0. The van der Waals surface area contributed by atoms with Crippen molar-refractivity contribution in [1.29, 1.82) is 0 Å². The Balaban J connectivity index is 1.32. The third kappa shape index (κ3) is 6.73. The smallest absolute Gasteiger partial charge is 0.134 e. The van der Waals surface area contributed by atoms with Crippen molar-refractivity contribution in [3.8, 4) is 11.8 Å². The number of fused-ring (bicyclic) bond motifs is 1. The van der Waals surface area contributed by atoms with Crippen LogP contribution in [0, 0.1) is 36.4 Å². The highest BCUT2D eigenvalue weighted by Gasteiger charge is 2.21. The SMILES string of the molecule is CCCCCCC1CCC(CCc2ccc3cc(C#Cc4ccc(C)cc4)ccc3c2F)CC1. The Kier molecular flexibility index (Phi) is 8.81. The molecule has 3 aromatic carbocycles. The lowest BCUT2D eigenvalue weighted by molar-refractivity contribution is 0.248. The van der Waals surface area contributed by atoms with Crippen LogP contribution < -0.4 is 0 Å². The lowest BCUT2D eigenvalue weighted by Crippen LogP contribution is -2.15. The molecule has 0 radical (unpaired) electrons. The molecule has 1 heteroatoms. The maximum Gasteiger partial charge on any atom is 0.134 e. The van der Waals surface area contributed by atoms with Crippen molar-refractivity contribution in [2.45, 2.75) is 84.5 Å². The fraction of sp³-hybridized carbons (Fsp3) is 0.455. The predicted molar refractivity (Wildman–Crippen MR) is 144 cm³/mol. The topological polar surface area (TPSA) is 0 Å². The van der Waals surface area contributed by atoms with E-state index < -0.39 is 0 Å². The molecular weight excluding hydrogens is 415 g/mol. The summed E-state index contributed by atoms with van der Waals surface area (Å²) in [5.74, 6) is 8.10. The van der Waals surface area contributed by atoms with Crippen LogP contribution in [-0.2, 0) is 6.42 Å². The van der Waals surface area contributed by atoms with Crippen LogP contribution in [0.5, 0.6) is 0 Å². The molecule has 178 valence electrons. The number of benzene rings is 3. The highest BCUT2D eigenvalue weighted by molar-refractivity contribution is 5.85. The summed E-state index contributed by atoms with van der Waals surface area (Å²) in [5.41, 5.74) is 4.02. The Morgan fingerprint density at radius 3 is 2.18 bits per heavy atom. The predicted octanol–water partition coefficient (Wildman–Crippen LogP) is 9.40. The number of aryl methyl sites for hydroxylation is 2. The minimum Gasteiger partial charge on any atom is -0.206 e. The van der Waals surface area contributed by atoms with Crippen molar-refractivity contribution >= 4 is 10.8 Å². The average molecular weight is 455 g/mol. The molecule has 4 rings (SSSR count). The van der Waals surface area contributed by atoms with Crippen LogP contribution >= 0.6 is 0 Å². The van der Waals surface area contributed by atoms with Gasteiger partial charge in [0.25, 0.3) is 0 Å². The molecule has 0 heterocycles. The van der Waals surface area contributed by atoms with E-state index in [0.717, 1.165) is 46.8 Å². The number of hydrogen-bond acceptors (Lipinski definition) is 0. The van der Waals surface area contributed by atoms with Crippen molar-refractivity contribution < 1.29 is 4.39 Å². The molecule has 1 aliphatic carbocycles. The largest absolute Gasteiger partial charge is 0.206 e. The molecule has 34 heavy (non-hydrogen) atoms. The van der Waals surface area contributed by atoms with Gasteiger partial charge in [-0.05, 0) is 66.8 Å². The second-order valence-electron chi connectivity index (χ2n) is 10.4. The van der Waals surface area contributed by atoms with Crippen LogP contribution in [0.15, 0.2) is 54.6 Å². The molecule has 0 saturated heterocycles. The van der Waals surface area contributed by atoms with Crippen LogP contribution in [0.1, 0.15) is 93.4 Å². The van der Waals surface area contributed by atoms with E-state index in [0.29, 0.717) is 5.39 Å². The van der Waals surface area contributed by atoms with E-state index in [1.807, 2.05) is 36.4 Å². The van der Waals surface area contributed by atoms with Gasteiger partial charge in [-0.2, -0.15) is 0 Å². The maximum absolute atomic E-state index is 15.3. The fourth-order valence-electron chi connectivity index (χ4n) is 5.42. The minimum atomic E-state index is -0.0415. The molecule has 3 aromatic rings. The van der Waals surface area contributed by atoms with Gasteiger partial charge in [-0.15, -0.1) is 0 Å². The van der Waals surface area contributed by atoms with Gasteiger partial charge in [0.15, 0.2) is 0 Å². The lowest BCUT2D eigenvalue weighted by Gasteiger charge is -2.28. The molecule has 1 aliphatic rings. The zero-order chi connectivity index (χ0) is 23.8. The van der Waals surface area contributed by atoms with Crippen LogP contribution in [0.3, 0.4) is 0 Å². The molecule has 0 bridgehead atoms. The molecule has 0 aromatic heterocycles. The number of halogens is 1.